The number of ether oxygens (including phenoxy) is 4. The summed E-state index contributed by atoms with van der Waals surface area (Å²) in [6.07, 6.45) is -10.9. The van der Waals surface area contributed by atoms with Gasteiger partial charge in [-0.05, 0) is 117 Å². The Morgan fingerprint density at radius 1 is 0.375 bits per heavy atom. The average molecular weight is 1090 g/mol. The summed E-state index contributed by atoms with van der Waals surface area (Å²) >= 11 is 0. The van der Waals surface area contributed by atoms with Crippen molar-refractivity contribution in [2.45, 2.75) is 78.4 Å². The molecule has 0 radical (unpaired) electrons. The quantitative estimate of drug-likeness (QED) is 0.0661. The molecule has 2 aliphatic carbocycles. The third-order valence-corrected chi connectivity index (χ3v) is 16.6. The number of benzene rings is 8. The van der Waals surface area contributed by atoms with Crippen molar-refractivity contribution < 1.29 is 90.4 Å². The molecular formula is C62H52O18. The molecule has 13 atom stereocenters. The van der Waals surface area contributed by atoms with Crippen LogP contribution in [0.15, 0.2) is 140 Å². The zero-order valence-corrected chi connectivity index (χ0v) is 41.9. The summed E-state index contributed by atoms with van der Waals surface area (Å²) in [5.41, 5.74) is 5.29. The van der Waals surface area contributed by atoms with E-state index in [1.165, 1.54) is 78.9 Å². The second-order valence-electron chi connectivity index (χ2n) is 21.2. The molecule has 0 bridgehead atoms. The molecule has 0 aromatic heterocycles. The van der Waals surface area contributed by atoms with Gasteiger partial charge in [-0.1, -0.05) is 48.5 Å². The fourth-order valence-corrected chi connectivity index (χ4v) is 13.4. The van der Waals surface area contributed by atoms with E-state index in [-0.39, 0.29) is 79.9 Å². The number of hydrogen-bond acceptors (Lipinski definition) is 18. The Morgan fingerprint density at radius 2 is 0.900 bits per heavy atom. The van der Waals surface area contributed by atoms with Crippen molar-refractivity contribution in [3.05, 3.63) is 206 Å². The normalized spacial score (nSPS) is 26.8. The number of hydrogen-bond donors (Lipinski definition) is 14. The molecule has 3 aliphatic heterocycles. The van der Waals surface area contributed by atoms with Gasteiger partial charge >= 0.3 is 0 Å². The first-order valence-electron chi connectivity index (χ1n) is 25.8. The van der Waals surface area contributed by atoms with Crippen LogP contribution < -0.4 is 14.2 Å². The predicted octanol–water partition coefficient (Wildman–Crippen LogP) is 7.61. The molecule has 408 valence electrons. The number of phenols is 10. The Kier molecular flexibility index (Phi) is 11.9. The van der Waals surface area contributed by atoms with E-state index in [9.17, 15) is 71.5 Å². The summed E-state index contributed by atoms with van der Waals surface area (Å²) < 4.78 is 26.1. The van der Waals surface area contributed by atoms with Crippen LogP contribution >= 0.6 is 0 Å². The second kappa shape index (κ2) is 18.8. The maximum Gasteiger partial charge on any atom is 0.229 e. The monoisotopic (exact) mass is 1080 g/mol. The summed E-state index contributed by atoms with van der Waals surface area (Å²) in [6, 6.07) is 35.0. The molecule has 0 unspecified atom stereocenters. The number of aromatic hydroxyl groups is 10. The molecule has 80 heavy (non-hydrogen) atoms. The van der Waals surface area contributed by atoms with Gasteiger partial charge in [0.1, 0.15) is 94.1 Å². The van der Waals surface area contributed by atoms with Crippen molar-refractivity contribution in [3.8, 4) is 74.7 Å². The SMILES string of the molecule is OC[C@H]1O[C@@H](Oc2c(O)cc([C@H]3c4c(O)cc5c6c4[C@@H]([C@H](c4ccc(O)cc4)c4c(O)cc(O)cc4[C@H]6[C@H](c4ccc(O)cc4)O5)[C@@H]3c3ccc(O)cc3)c3c2O[C@@H](c2ccc(O)cc2)[C@@H]3c2cc(O)cc(O)c2)[C@H](O)[C@@H](O)[C@@H]1O. The molecule has 18 heteroatoms. The lowest BCUT2D eigenvalue weighted by Gasteiger charge is -2.39. The van der Waals surface area contributed by atoms with E-state index in [1.807, 2.05) is 0 Å². The smallest absolute Gasteiger partial charge is 0.229 e. The lowest BCUT2D eigenvalue weighted by atomic mass is 9.68. The fraction of sp³-hybridized carbons (Fsp3) is 0.226. The topological polar surface area (TPSA) is 320 Å². The van der Waals surface area contributed by atoms with Crippen LogP contribution in [0.2, 0.25) is 0 Å². The Balaban J connectivity index is 1.15. The van der Waals surface area contributed by atoms with Crippen LogP contribution in [0.3, 0.4) is 0 Å². The Morgan fingerprint density at radius 3 is 1.49 bits per heavy atom. The molecule has 1 fully saturated rings. The van der Waals surface area contributed by atoms with Gasteiger partial charge in [-0.25, -0.2) is 0 Å². The molecule has 1 saturated heterocycles. The van der Waals surface area contributed by atoms with Crippen molar-refractivity contribution in [1.82, 2.24) is 0 Å². The largest absolute Gasteiger partial charge is 0.508 e. The Hall–Kier alpha value is -9.04. The lowest BCUT2D eigenvalue weighted by molar-refractivity contribution is -0.277. The first-order chi connectivity index (χ1) is 38.5. The molecule has 14 N–H and O–H groups in total. The number of fused-ring (bicyclic) bond motifs is 3. The minimum Gasteiger partial charge on any atom is -0.508 e. The van der Waals surface area contributed by atoms with Gasteiger partial charge in [0.05, 0.1) is 18.4 Å². The molecular weight excluding hydrogens is 1030 g/mol. The maximum absolute atomic E-state index is 13.1. The van der Waals surface area contributed by atoms with Crippen LogP contribution in [0.25, 0.3) is 0 Å². The number of rotatable bonds is 9. The molecule has 5 aliphatic rings. The molecule has 0 spiro atoms. The highest BCUT2D eigenvalue weighted by Crippen LogP contribution is 2.72. The Bertz CT molecular complexity index is 3710. The van der Waals surface area contributed by atoms with Crippen molar-refractivity contribution in [1.29, 1.82) is 0 Å². The van der Waals surface area contributed by atoms with E-state index in [0.29, 0.717) is 50.1 Å². The average Bonchev–Trinajstić information content (AvgIpc) is 4.32. The molecule has 13 rings (SSSR count). The van der Waals surface area contributed by atoms with Gasteiger partial charge in [-0.3, -0.25) is 0 Å². The second-order valence-corrected chi connectivity index (χ2v) is 21.2. The van der Waals surface area contributed by atoms with Crippen LogP contribution in [-0.2, 0) is 4.74 Å². The molecule has 3 heterocycles. The number of phenolic OH excluding ortho intramolecular Hbond substituents is 10. The minimum absolute atomic E-state index is 0.0114. The van der Waals surface area contributed by atoms with E-state index in [1.54, 1.807) is 54.6 Å². The highest BCUT2D eigenvalue weighted by atomic mass is 16.7. The summed E-state index contributed by atoms with van der Waals surface area (Å²) in [6.45, 7) is -0.805. The van der Waals surface area contributed by atoms with E-state index >= 15 is 0 Å². The molecule has 0 amide bonds. The van der Waals surface area contributed by atoms with Crippen LogP contribution in [0.5, 0.6) is 74.7 Å². The van der Waals surface area contributed by atoms with Crippen molar-refractivity contribution >= 4 is 0 Å². The van der Waals surface area contributed by atoms with Gasteiger partial charge in [-0.15, -0.1) is 0 Å². The molecule has 8 aromatic carbocycles. The van der Waals surface area contributed by atoms with Crippen LogP contribution in [0, 0.1) is 0 Å². The molecule has 8 aromatic rings. The summed E-state index contributed by atoms with van der Waals surface area (Å²) in [7, 11) is 0. The number of aliphatic hydroxyl groups excluding tert-OH is 4. The van der Waals surface area contributed by atoms with Gasteiger partial charge < -0.3 is 90.4 Å². The van der Waals surface area contributed by atoms with E-state index in [4.69, 9.17) is 18.9 Å². The zero-order chi connectivity index (χ0) is 55.7. The maximum atomic E-state index is 13.1. The van der Waals surface area contributed by atoms with Gasteiger partial charge in [-0.2, -0.15) is 0 Å². The lowest BCUT2D eigenvalue weighted by Crippen LogP contribution is -2.60. The minimum atomic E-state index is -1.96. The summed E-state index contributed by atoms with van der Waals surface area (Å²) in [5, 5.41) is 158. The van der Waals surface area contributed by atoms with E-state index in [0.717, 1.165) is 6.07 Å². The summed E-state index contributed by atoms with van der Waals surface area (Å²) in [4.78, 5) is 0. The van der Waals surface area contributed by atoms with Gasteiger partial charge in [0.15, 0.2) is 11.5 Å². The van der Waals surface area contributed by atoms with Gasteiger partial charge in [0.2, 0.25) is 12.0 Å². The third kappa shape index (κ3) is 7.89. The highest BCUT2D eigenvalue weighted by Gasteiger charge is 2.58. The van der Waals surface area contributed by atoms with Crippen LogP contribution in [-0.4, -0.2) is 109 Å². The predicted molar refractivity (Wildman–Crippen MR) is 282 cm³/mol. The Labute approximate surface area is 454 Å². The zero-order valence-electron chi connectivity index (χ0n) is 41.9. The first-order valence-corrected chi connectivity index (χ1v) is 25.8. The fourth-order valence-electron chi connectivity index (χ4n) is 13.4. The van der Waals surface area contributed by atoms with Gasteiger partial charge in [0, 0.05) is 64.1 Å². The van der Waals surface area contributed by atoms with Crippen LogP contribution in [0.1, 0.15) is 114 Å². The first kappa shape index (κ1) is 50.5. The summed E-state index contributed by atoms with van der Waals surface area (Å²) in [5.74, 6) is -8.38. The van der Waals surface area contributed by atoms with E-state index < -0.39 is 96.5 Å². The van der Waals surface area contributed by atoms with Crippen LogP contribution in [0.4, 0.5) is 0 Å². The standard InChI is InChI=1S/C62H52O18/c63-24-43-55(74)56(75)57(76)62(78-43)80-60-41(73)22-38(49-46(29-17-34(68)19-35(69)18-29)58(79-61(49)60)27-5-13-32(66)14-6-27)48-45(26-3-11-31(65)12-4-26)53-44(25-1-9-30(64)10-2-25)47-37(20-36(70)21-39(47)71)50-52-42(23-40(72)51(48)54(52)53)77-59(50)28-7-15-33(67)16-8-28/h1-23,43-46,48,50,53,55-59,62-76H,24H2/t43-,44-,45-,46-,48-,50-,53+,55-,56+,57-,58+,59+,62+/m1/s1. The van der Waals surface area contributed by atoms with Crippen molar-refractivity contribution in [2.24, 2.45) is 0 Å². The van der Waals surface area contributed by atoms with Crippen molar-refractivity contribution in [3.63, 3.8) is 0 Å². The number of aliphatic hydroxyl groups is 4. The van der Waals surface area contributed by atoms with E-state index in [2.05, 4.69) is 0 Å². The van der Waals surface area contributed by atoms with Crippen molar-refractivity contribution in [2.75, 3.05) is 6.61 Å². The molecule has 18 nitrogen and oxygen atoms in total. The molecule has 0 saturated carbocycles. The third-order valence-electron chi connectivity index (χ3n) is 16.6. The van der Waals surface area contributed by atoms with Gasteiger partial charge in [0.25, 0.3) is 0 Å². The highest BCUT2D eigenvalue weighted by molar-refractivity contribution is 5.75.